The topological polar surface area (TPSA) is 38.1 Å². The van der Waals surface area contributed by atoms with Gasteiger partial charge in [-0.05, 0) is 18.6 Å². The van der Waals surface area contributed by atoms with E-state index in [9.17, 15) is 9.50 Å². The Balaban J connectivity index is 2.37. The van der Waals surface area contributed by atoms with E-state index in [-0.39, 0.29) is 5.56 Å². The molecule has 0 aliphatic heterocycles. The van der Waals surface area contributed by atoms with Crippen LogP contribution < -0.4 is 0 Å². The first kappa shape index (κ1) is 10.8. The van der Waals surface area contributed by atoms with Crippen LogP contribution >= 0.6 is 0 Å². The lowest BCUT2D eigenvalue weighted by atomic mass is 10.0. The molecule has 0 saturated carbocycles. The third-order valence-electron chi connectivity index (χ3n) is 2.49. The zero-order valence-electron chi connectivity index (χ0n) is 9.18. The number of benzene rings is 1. The van der Waals surface area contributed by atoms with E-state index in [0.717, 1.165) is 5.56 Å². The number of hydrogen-bond donors (Lipinski definition) is 1. The van der Waals surface area contributed by atoms with Crippen LogP contribution in [0.5, 0.6) is 0 Å². The quantitative estimate of drug-likeness (QED) is 0.840. The summed E-state index contributed by atoms with van der Waals surface area (Å²) in [5.74, 6) is -0.392. The molecule has 1 N–H and O–H groups in total. The van der Waals surface area contributed by atoms with Crippen LogP contribution in [-0.4, -0.2) is 14.9 Å². The van der Waals surface area contributed by atoms with Gasteiger partial charge in [0.2, 0.25) is 0 Å². The first-order chi connectivity index (χ1) is 7.58. The van der Waals surface area contributed by atoms with Crippen LogP contribution in [0, 0.1) is 12.7 Å². The molecular weight excluding hydrogens is 207 g/mol. The van der Waals surface area contributed by atoms with E-state index in [0.29, 0.717) is 5.56 Å². The number of rotatable bonds is 2. The zero-order chi connectivity index (χ0) is 11.7. The molecule has 16 heavy (non-hydrogen) atoms. The van der Waals surface area contributed by atoms with Gasteiger partial charge >= 0.3 is 0 Å². The molecule has 1 aromatic heterocycles. The Kier molecular flexibility index (Phi) is 2.75. The number of aryl methyl sites for hydroxylation is 2. The molecule has 0 aliphatic rings. The van der Waals surface area contributed by atoms with Crippen LogP contribution in [0.3, 0.4) is 0 Å². The summed E-state index contributed by atoms with van der Waals surface area (Å²) in [6.07, 6.45) is 2.24. The lowest BCUT2D eigenvalue weighted by Gasteiger charge is -2.10. The first-order valence-electron chi connectivity index (χ1n) is 5.00. The summed E-state index contributed by atoms with van der Waals surface area (Å²) in [7, 11) is 1.75. The van der Waals surface area contributed by atoms with Crippen molar-refractivity contribution in [3.8, 4) is 0 Å². The van der Waals surface area contributed by atoms with Crippen molar-refractivity contribution in [2.24, 2.45) is 7.05 Å². The van der Waals surface area contributed by atoms with E-state index in [4.69, 9.17) is 0 Å². The summed E-state index contributed by atoms with van der Waals surface area (Å²) < 4.78 is 15.2. The van der Waals surface area contributed by atoms with Crippen molar-refractivity contribution in [3.05, 3.63) is 53.1 Å². The normalized spacial score (nSPS) is 12.8. The minimum Gasteiger partial charge on any atom is -0.383 e. The van der Waals surface area contributed by atoms with Gasteiger partial charge in [-0.25, -0.2) is 4.39 Å². The molecule has 4 heteroatoms. The summed E-state index contributed by atoms with van der Waals surface area (Å²) in [4.78, 5) is 0. The highest BCUT2D eigenvalue weighted by Gasteiger charge is 2.16. The maximum atomic E-state index is 13.6. The lowest BCUT2D eigenvalue weighted by molar-refractivity contribution is 0.215. The summed E-state index contributed by atoms with van der Waals surface area (Å²) >= 11 is 0. The lowest BCUT2D eigenvalue weighted by Crippen LogP contribution is -2.01. The molecule has 0 aliphatic carbocycles. The Morgan fingerprint density at radius 1 is 1.44 bits per heavy atom. The molecule has 0 saturated heterocycles. The van der Waals surface area contributed by atoms with Crippen molar-refractivity contribution >= 4 is 0 Å². The van der Waals surface area contributed by atoms with E-state index < -0.39 is 11.9 Å². The van der Waals surface area contributed by atoms with Crippen LogP contribution in [-0.2, 0) is 7.05 Å². The van der Waals surface area contributed by atoms with Gasteiger partial charge in [-0.2, -0.15) is 5.10 Å². The third kappa shape index (κ3) is 1.97. The molecule has 0 radical (unpaired) electrons. The predicted molar refractivity (Wildman–Crippen MR) is 58.4 cm³/mol. The van der Waals surface area contributed by atoms with Crippen molar-refractivity contribution in [2.75, 3.05) is 0 Å². The van der Waals surface area contributed by atoms with Crippen molar-refractivity contribution in [3.63, 3.8) is 0 Å². The molecule has 0 amide bonds. The Labute approximate surface area is 93.2 Å². The van der Waals surface area contributed by atoms with Gasteiger partial charge in [0.25, 0.3) is 0 Å². The molecule has 2 aromatic rings. The predicted octanol–water partition coefficient (Wildman–Crippen LogP) is 1.95. The Morgan fingerprint density at radius 2 is 2.19 bits per heavy atom. The van der Waals surface area contributed by atoms with Gasteiger partial charge in [0, 0.05) is 24.4 Å². The van der Waals surface area contributed by atoms with Gasteiger partial charge in [0.1, 0.15) is 11.9 Å². The van der Waals surface area contributed by atoms with Crippen molar-refractivity contribution in [1.29, 1.82) is 0 Å². The highest BCUT2D eigenvalue weighted by atomic mass is 19.1. The molecule has 1 unspecified atom stereocenters. The van der Waals surface area contributed by atoms with Crippen LogP contribution in [0.1, 0.15) is 22.8 Å². The largest absolute Gasteiger partial charge is 0.383 e. The summed E-state index contributed by atoms with van der Waals surface area (Å²) in [6.45, 7) is 1.81. The van der Waals surface area contributed by atoms with Gasteiger partial charge in [0.15, 0.2) is 0 Å². The number of halogens is 1. The Morgan fingerprint density at radius 3 is 2.75 bits per heavy atom. The average molecular weight is 220 g/mol. The fourth-order valence-electron chi connectivity index (χ4n) is 1.61. The van der Waals surface area contributed by atoms with Crippen molar-refractivity contribution in [2.45, 2.75) is 13.0 Å². The molecule has 1 heterocycles. The minimum atomic E-state index is -0.964. The smallest absolute Gasteiger partial charge is 0.129 e. The Hall–Kier alpha value is -1.68. The SMILES string of the molecule is Cc1ccc(C(O)c2cnn(C)c2)c(F)c1. The van der Waals surface area contributed by atoms with Gasteiger partial charge in [-0.15, -0.1) is 0 Å². The second-order valence-electron chi connectivity index (χ2n) is 3.87. The van der Waals surface area contributed by atoms with Crippen LogP contribution in [0.15, 0.2) is 30.6 Å². The average Bonchev–Trinajstić information content (AvgIpc) is 2.64. The van der Waals surface area contributed by atoms with Crippen LogP contribution in [0.2, 0.25) is 0 Å². The fraction of sp³-hybridized carbons (Fsp3) is 0.250. The van der Waals surface area contributed by atoms with E-state index in [1.54, 1.807) is 30.1 Å². The monoisotopic (exact) mass is 220 g/mol. The summed E-state index contributed by atoms with van der Waals surface area (Å²) in [5.41, 5.74) is 1.70. The molecule has 2 rings (SSSR count). The summed E-state index contributed by atoms with van der Waals surface area (Å²) in [6, 6.07) is 4.79. The van der Waals surface area contributed by atoms with E-state index in [1.807, 2.05) is 6.92 Å². The highest BCUT2D eigenvalue weighted by molar-refractivity contribution is 5.30. The first-order valence-corrected chi connectivity index (χ1v) is 5.00. The number of aliphatic hydroxyl groups is 1. The van der Waals surface area contributed by atoms with E-state index >= 15 is 0 Å². The van der Waals surface area contributed by atoms with Crippen LogP contribution in [0.4, 0.5) is 4.39 Å². The molecular formula is C12H13FN2O. The molecule has 0 fully saturated rings. The minimum absolute atomic E-state index is 0.276. The molecule has 1 atom stereocenters. The number of hydrogen-bond acceptors (Lipinski definition) is 2. The third-order valence-corrected chi connectivity index (χ3v) is 2.49. The van der Waals surface area contributed by atoms with Gasteiger partial charge < -0.3 is 5.11 Å². The second-order valence-corrected chi connectivity index (χ2v) is 3.87. The molecule has 1 aromatic carbocycles. The van der Waals surface area contributed by atoms with Gasteiger partial charge in [0.05, 0.1) is 6.20 Å². The Bertz CT molecular complexity index is 507. The van der Waals surface area contributed by atoms with Gasteiger partial charge in [-0.1, -0.05) is 12.1 Å². The fourth-order valence-corrected chi connectivity index (χ4v) is 1.61. The standard InChI is InChI=1S/C12H13FN2O/c1-8-3-4-10(11(13)5-8)12(16)9-6-14-15(2)7-9/h3-7,12,16H,1-2H3. The summed E-state index contributed by atoms with van der Waals surface area (Å²) in [5, 5.41) is 13.9. The number of aliphatic hydroxyl groups excluding tert-OH is 1. The second kappa shape index (κ2) is 4.06. The number of aromatic nitrogens is 2. The van der Waals surface area contributed by atoms with Crippen molar-refractivity contribution < 1.29 is 9.50 Å². The van der Waals surface area contributed by atoms with Crippen LogP contribution in [0.25, 0.3) is 0 Å². The maximum absolute atomic E-state index is 13.6. The highest BCUT2D eigenvalue weighted by Crippen LogP contribution is 2.24. The van der Waals surface area contributed by atoms with E-state index in [1.165, 1.54) is 12.3 Å². The van der Waals surface area contributed by atoms with E-state index in [2.05, 4.69) is 5.10 Å². The maximum Gasteiger partial charge on any atom is 0.129 e. The number of nitrogens with zero attached hydrogens (tertiary/aromatic N) is 2. The molecule has 84 valence electrons. The van der Waals surface area contributed by atoms with Gasteiger partial charge in [-0.3, -0.25) is 4.68 Å². The van der Waals surface area contributed by atoms with Crippen molar-refractivity contribution in [1.82, 2.24) is 9.78 Å². The molecule has 3 nitrogen and oxygen atoms in total. The molecule has 0 spiro atoms. The molecule has 0 bridgehead atoms. The zero-order valence-corrected chi connectivity index (χ0v) is 9.18.